The molecule has 2 aromatic carbocycles. The summed E-state index contributed by atoms with van der Waals surface area (Å²) in [6.45, 7) is 2.20. The molecule has 0 saturated heterocycles. The Kier molecular flexibility index (Phi) is 5.26. The van der Waals surface area contributed by atoms with Gasteiger partial charge in [-0.1, -0.05) is 30.3 Å². The van der Waals surface area contributed by atoms with Crippen molar-refractivity contribution >= 4 is 23.0 Å². The Morgan fingerprint density at radius 3 is 2.53 bits per heavy atom. The Morgan fingerprint density at radius 2 is 1.83 bits per heavy atom. The third-order valence-corrected chi connectivity index (χ3v) is 4.89. The van der Waals surface area contributed by atoms with Gasteiger partial charge in [0.1, 0.15) is 0 Å². The van der Waals surface area contributed by atoms with Gasteiger partial charge < -0.3 is 26.2 Å². The minimum atomic E-state index is -0.515. The molecule has 1 aliphatic rings. The van der Waals surface area contributed by atoms with Crippen molar-refractivity contribution in [3.8, 4) is 11.5 Å². The lowest BCUT2D eigenvalue weighted by Crippen LogP contribution is -2.43. The van der Waals surface area contributed by atoms with Gasteiger partial charge in [0.05, 0.1) is 24.0 Å². The predicted molar refractivity (Wildman–Crippen MR) is 116 cm³/mol. The van der Waals surface area contributed by atoms with Gasteiger partial charge in [0.2, 0.25) is 0 Å². The van der Waals surface area contributed by atoms with Gasteiger partial charge in [-0.15, -0.1) is 0 Å². The van der Waals surface area contributed by atoms with Crippen LogP contribution in [0.15, 0.2) is 67.0 Å². The number of hydrogen-bond donors (Lipinski definition) is 4. The second kappa shape index (κ2) is 8.16. The van der Waals surface area contributed by atoms with E-state index >= 15 is 0 Å². The molecule has 3 aromatic rings. The molecule has 1 aliphatic heterocycles. The summed E-state index contributed by atoms with van der Waals surface area (Å²) in [6, 6.07) is 15.9. The maximum Gasteiger partial charge on any atom is 0.320 e. The predicted octanol–water partition coefficient (Wildman–Crippen LogP) is 3.69. The van der Waals surface area contributed by atoms with Gasteiger partial charge >= 0.3 is 6.03 Å². The van der Waals surface area contributed by atoms with Gasteiger partial charge in [-0.3, -0.25) is 4.98 Å². The third kappa shape index (κ3) is 3.65. The van der Waals surface area contributed by atoms with Crippen molar-refractivity contribution in [2.75, 3.05) is 12.3 Å². The fraction of sp³-hybridized carbons (Fsp3) is 0.130. The number of aromatic hydroxyl groups is 1. The van der Waals surface area contributed by atoms with Crippen molar-refractivity contribution in [2.45, 2.75) is 13.0 Å². The van der Waals surface area contributed by atoms with Crippen molar-refractivity contribution in [3.63, 3.8) is 0 Å². The fourth-order valence-corrected chi connectivity index (χ4v) is 3.57. The number of urea groups is 1. The van der Waals surface area contributed by atoms with E-state index in [1.54, 1.807) is 24.5 Å². The number of phenols is 1. The smallest absolute Gasteiger partial charge is 0.320 e. The number of nitrogens with zero attached hydrogens (tertiary/aromatic N) is 1. The molecule has 2 heterocycles. The van der Waals surface area contributed by atoms with E-state index < -0.39 is 6.04 Å². The molecule has 0 aliphatic carbocycles. The number of aromatic nitrogens is 1. The van der Waals surface area contributed by atoms with E-state index in [0.29, 0.717) is 17.9 Å². The van der Waals surface area contributed by atoms with Gasteiger partial charge in [0, 0.05) is 18.0 Å². The summed E-state index contributed by atoms with van der Waals surface area (Å²) in [4.78, 5) is 16.7. The topological polar surface area (TPSA) is 110 Å². The Hall–Kier alpha value is -4.00. The lowest BCUT2D eigenvalue weighted by Gasteiger charge is -2.31. The highest BCUT2D eigenvalue weighted by Crippen LogP contribution is 2.42. The number of pyridine rings is 1. The zero-order valence-corrected chi connectivity index (χ0v) is 16.4. The molecular weight excluding hydrogens is 380 g/mol. The molecule has 0 bridgehead atoms. The monoisotopic (exact) mass is 402 g/mol. The van der Waals surface area contributed by atoms with Crippen molar-refractivity contribution in [1.29, 1.82) is 0 Å². The van der Waals surface area contributed by atoms with Crippen molar-refractivity contribution in [3.05, 3.63) is 83.7 Å². The molecule has 152 valence electrons. The zero-order chi connectivity index (χ0) is 21.1. The Morgan fingerprint density at radius 1 is 1.10 bits per heavy atom. The largest absolute Gasteiger partial charge is 0.503 e. The minimum absolute atomic E-state index is 0.112. The van der Waals surface area contributed by atoms with E-state index in [4.69, 9.17) is 10.5 Å². The van der Waals surface area contributed by atoms with Gasteiger partial charge in [-0.25, -0.2) is 4.79 Å². The number of anilines is 1. The number of nitrogens with two attached hydrogens (primary N) is 1. The molecule has 0 radical (unpaired) electrons. The van der Waals surface area contributed by atoms with E-state index in [1.807, 2.05) is 49.4 Å². The minimum Gasteiger partial charge on any atom is -0.503 e. The number of hydrogen-bond acceptors (Lipinski definition) is 5. The molecule has 1 unspecified atom stereocenters. The third-order valence-electron chi connectivity index (χ3n) is 4.89. The van der Waals surface area contributed by atoms with E-state index in [0.717, 1.165) is 16.7 Å². The van der Waals surface area contributed by atoms with Gasteiger partial charge in [-0.2, -0.15) is 0 Å². The summed E-state index contributed by atoms with van der Waals surface area (Å²) < 4.78 is 5.54. The first kappa shape index (κ1) is 19.3. The van der Waals surface area contributed by atoms with Gasteiger partial charge in [0.25, 0.3) is 0 Å². The van der Waals surface area contributed by atoms with Crippen LogP contribution in [-0.2, 0) is 0 Å². The standard InChI is InChI=1S/C23H22N4O3/c1-2-30-18-13-16(12-17(24)22(18)28)21-19(14-8-10-25-11-9-14)20(26-23(29)27-21)15-6-4-3-5-7-15/h3-13,21,28H,2,24H2,1H3,(H2,26,27,29). The number of ether oxygens (including phenoxy) is 1. The van der Waals surface area contributed by atoms with Gasteiger partial charge in [-0.05, 0) is 47.9 Å². The maximum absolute atomic E-state index is 12.6. The number of carbonyl (C=O) groups is 1. The van der Waals surface area contributed by atoms with Crippen LogP contribution in [0.4, 0.5) is 10.5 Å². The van der Waals surface area contributed by atoms with Crippen LogP contribution in [0.2, 0.25) is 0 Å². The number of nitrogen functional groups attached to an aromatic ring is 1. The number of nitrogens with one attached hydrogen (secondary N) is 2. The summed E-state index contributed by atoms with van der Waals surface area (Å²) in [6.07, 6.45) is 3.41. The van der Waals surface area contributed by atoms with Crippen LogP contribution in [-0.4, -0.2) is 22.7 Å². The van der Waals surface area contributed by atoms with E-state index in [9.17, 15) is 9.90 Å². The fourth-order valence-electron chi connectivity index (χ4n) is 3.57. The average Bonchev–Trinajstić information content (AvgIpc) is 2.77. The van der Waals surface area contributed by atoms with E-state index in [1.165, 1.54) is 0 Å². The van der Waals surface area contributed by atoms with E-state index in [2.05, 4.69) is 15.6 Å². The highest BCUT2D eigenvalue weighted by atomic mass is 16.5. The number of carbonyl (C=O) groups excluding carboxylic acids is 1. The SMILES string of the molecule is CCOc1cc(C2NC(=O)NC(c3ccccc3)=C2c2ccncc2)cc(N)c1O. The lowest BCUT2D eigenvalue weighted by molar-refractivity contribution is 0.242. The zero-order valence-electron chi connectivity index (χ0n) is 16.4. The highest BCUT2D eigenvalue weighted by molar-refractivity contribution is 6.03. The molecule has 2 amide bonds. The quantitative estimate of drug-likeness (QED) is 0.384. The molecule has 1 atom stereocenters. The van der Waals surface area contributed by atoms with Crippen molar-refractivity contribution in [1.82, 2.24) is 15.6 Å². The summed E-state index contributed by atoms with van der Waals surface area (Å²) in [5, 5.41) is 16.2. The Labute approximate surface area is 174 Å². The number of phenolic OH excluding ortho intramolecular Hbond substituents is 1. The Balaban J connectivity index is 1.95. The first-order valence-corrected chi connectivity index (χ1v) is 9.61. The molecule has 7 nitrogen and oxygen atoms in total. The molecule has 30 heavy (non-hydrogen) atoms. The first-order valence-electron chi connectivity index (χ1n) is 9.61. The number of benzene rings is 2. The number of rotatable bonds is 5. The molecular formula is C23H22N4O3. The summed E-state index contributed by atoms with van der Waals surface area (Å²) in [5.41, 5.74) is 10.2. The second-order valence-electron chi connectivity index (χ2n) is 6.81. The average molecular weight is 402 g/mol. The van der Waals surface area contributed by atoms with Crippen LogP contribution in [0.5, 0.6) is 11.5 Å². The summed E-state index contributed by atoms with van der Waals surface area (Å²) >= 11 is 0. The lowest BCUT2D eigenvalue weighted by atomic mass is 9.88. The van der Waals surface area contributed by atoms with E-state index in [-0.39, 0.29) is 23.2 Å². The molecule has 5 N–H and O–H groups in total. The van der Waals surface area contributed by atoms with Gasteiger partial charge in [0.15, 0.2) is 11.5 Å². The second-order valence-corrected chi connectivity index (χ2v) is 6.81. The van der Waals surface area contributed by atoms with Crippen LogP contribution in [0, 0.1) is 0 Å². The van der Waals surface area contributed by atoms with Crippen LogP contribution in [0.1, 0.15) is 29.7 Å². The van der Waals surface area contributed by atoms with Crippen LogP contribution in [0.3, 0.4) is 0 Å². The normalized spacial score (nSPS) is 16.0. The molecule has 7 heteroatoms. The Bertz CT molecular complexity index is 1100. The maximum atomic E-state index is 12.6. The molecule has 0 saturated carbocycles. The summed E-state index contributed by atoms with van der Waals surface area (Å²) in [5.74, 6) is 0.161. The highest BCUT2D eigenvalue weighted by Gasteiger charge is 2.31. The first-order chi connectivity index (χ1) is 14.6. The molecule has 0 spiro atoms. The molecule has 1 aromatic heterocycles. The number of amides is 2. The van der Waals surface area contributed by atoms with Crippen LogP contribution < -0.4 is 21.1 Å². The van der Waals surface area contributed by atoms with Crippen LogP contribution in [0.25, 0.3) is 11.3 Å². The van der Waals surface area contributed by atoms with Crippen LogP contribution >= 0.6 is 0 Å². The molecule has 4 rings (SSSR count). The van der Waals surface area contributed by atoms with Crippen molar-refractivity contribution < 1.29 is 14.6 Å². The molecule has 0 fully saturated rings. The summed E-state index contributed by atoms with van der Waals surface area (Å²) in [7, 11) is 0. The van der Waals surface area contributed by atoms with Crippen molar-refractivity contribution in [2.24, 2.45) is 0 Å².